The van der Waals surface area contributed by atoms with E-state index in [1.54, 1.807) is 36.4 Å². The standard InChI is InChI=1S/C38H21NO4/c40-36-26-12-5-7-16-33(26)42-34-20-30-35(21-29(34)36)43-38-24(13-8-14-27(38)37(30)41)22-17-18-32-28(19-22)25-11-4-6-15-31(25)39(32)23-9-2-1-3-10-23/h1-21H. The van der Waals surface area contributed by atoms with Crippen LogP contribution in [0, 0.1) is 0 Å². The molecule has 0 saturated carbocycles. The largest absolute Gasteiger partial charge is 0.456 e. The summed E-state index contributed by atoms with van der Waals surface area (Å²) in [4.78, 5) is 27.2. The molecule has 9 rings (SSSR count). The Labute approximate surface area is 243 Å². The van der Waals surface area contributed by atoms with Crippen LogP contribution in [0.2, 0.25) is 0 Å². The van der Waals surface area contributed by atoms with Crippen LogP contribution in [-0.2, 0) is 0 Å². The van der Waals surface area contributed by atoms with Crippen molar-refractivity contribution < 1.29 is 8.83 Å². The van der Waals surface area contributed by atoms with Crippen molar-refractivity contribution in [1.29, 1.82) is 0 Å². The molecule has 3 aromatic heterocycles. The van der Waals surface area contributed by atoms with E-state index in [1.165, 1.54) is 0 Å². The highest BCUT2D eigenvalue weighted by atomic mass is 16.3. The molecular weight excluding hydrogens is 534 g/mol. The smallest absolute Gasteiger partial charge is 0.200 e. The summed E-state index contributed by atoms with van der Waals surface area (Å²) >= 11 is 0. The molecule has 3 heterocycles. The maximum absolute atomic E-state index is 13.8. The van der Waals surface area contributed by atoms with Crippen molar-refractivity contribution in [2.45, 2.75) is 0 Å². The summed E-state index contributed by atoms with van der Waals surface area (Å²) in [6, 6.07) is 41.1. The second-order valence-corrected chi connectivity index (χ2v) is 10.8. The van der Waals surface area contributed by atoms with Gasteiger partial charge in [0.05, 0.1) is 32.6 Å². The molecule has 0 saturated heterocycles. The lowest BCUT2D eigenvalue weighted by atomic mass is 9.99. The van der Waals surface area contributed by atoms with Crippen LogP contribution in [0.5, 0.6) is 0 Å². The van der Waals surface area contributed by atoms with Crippen molar-refractivity contribution >= 4 is 65.7 Å². The van der Waals surface area contributed by atoms with E-state index in [0.717, 1.165) is 38.6 Å². The fourth-order valence-electron chi connectivity index (χ4n) is 6.39. The fourth-order valence-corrected chi connectivity index (χ4v) is 6.39. The highest BCUT2D eigenvalue weighted by Crippen LogP contribution is 2.37. The number of hydrogen-bond donors (Lipinski definition) is 0. The van der Waals surface area contributed by atoms with E-state index in [9.17, 15) is 9.59 Å². The van der Waals surface area contributed by atoms with Crippen LogP contribution in [0.4, 0.5) is 0 Å². The van der Waals surface area contributed by atoms with Gasteiger partial charge in [0.1, 0.15) is 22.3 Å². The number of fused-ring (bicyclic) bond motifs is 7. The Hall–Kier alpha value is -5.94. The van der Waals surface area contributed by atoms with Gasteiger partial charge < -0.3 is 13.4 Å². The van der Waals surface area contributed by atoms with Gasteiger partial charge in [-0.1, -0.05) is 66.7 Å². The van der Waals surface area contributed by atoms with Gasteiger partial charge in [0.2, 0.25) is 10.9 Å². The zero-order valence-electron chi connectivity index (χ0n) is 22.7. The molecule has 0 atom stereocenters. The maximum Gasteiger partial charge on any atom is 0.200 e. The molecule has 0 amide bonds. The predicted molar refractivity (Wildman–Crippen MR) is 173 cm³/mol. The summed E-state index contributed by atoms with van der Waals surface area (Å²) in [7, 11) is 0. The second kappa shape index (κ2) is 8.78. The first kappa shape index (κ1) is 23.7. The van der Waals surface area contributed by atoms with Gasteiger partial charge in [0.15, 0.2) is 0 Å². The molecule has 0 aliphatic heterocycles. The number of hydrogen-bond acceptors (Lipinski definition) is 4. The molecule has 9 aromatic rings. The molecule has 0 radical (unpaired) electrons. The minimum atomic E-state index is -0.169. The molecule has 0 bridgehead atoms. The highest BCUT2D eigenvalue weighted by Gasteiger charge is 2.18. The molecular formula is C38H21NO4. The third-order valence-electron chi connectivity index (χ3n) is 8.39. The number of nitrogens with zero attached hydrogens (tertiary/aromatic N) is 1. The van der Waals surface area contributed by atoms with E-state index in [2.05, 4.69) is 59.2 Å². The van der Waals surface area contributed by atoms with E-state index in [-0.39, 0.29) is 10.9 Å². The molecule has 0 aliphatic carbocycles. The van der Waals surface area contributed by atoms with Crippen LogP contribution >= 0.6 is 0 Å². The van der Waals surface area contributed by atoms with Crippen LogP contribution in [0.25, 0.3) is 82.5 Å². The van der Waals surface area contributed by atoms with Crippen molar-refractivity contribution in [3.63, 3.8) is 0 Å². The zero-order valence-corrected chi connectivity index (χ0v) is 22.7. The Morgan fingerprint density at radius 1 is 0.442 bits per heavy atom. The molecule has 0 aliphatic rings. The van der Waals surface area contributed by atoms with Gasteiger partial charge in [-0.3, -0.25) is 9.59 Å². The van der Waals surface area contributed by atoms with Gasteiger partial charge in [-0.05, 0) is 66.2 Å². The monoisotopic (exact) mass is 555 g/mol. The number of para-hydroxylation sites is 4. The van der Waals surface area contributed by atoms with E-state index in [1.807, 2.05) is 36.4 Å². The SMILES string of the molecule is O=c1c2ccccc2oc2cc3c(=O)c4cccc(-c5ccc6c(c5)c5ccccc5n6-c5ccccc5)c4oc3cc12. The van der Waals surface area contributed by atoms with Crippen LogP contribution < -0.4 is 10.9 Å². The molecule has 0 fully saturated rings. The van der Waals surface area contributed by atoms with Crippen molar-refractivity contribution in [3.05, 3.63) is 148 Å². The lowest BCUT2D eigenvalue weighted by Gasteiger charge is -2.10. The maximum atomic E-state index is 13.8. The lowest BCUT2D eigenvalue weighted by molar-refractivity contribution is 0.653. The molecule has 0 spiro atoms. The molecule has 202 valence electrons. The van der Waals surface area contributed by atoms with E-state index in [4.69, 9.17) is 8.83 Å². The van der Waals surface area contributed by atoms with Crippen LogP contribution in [0.1, 0.15) is 0 Å². The summed E-state index contributed by atoms with van der Waals surface area (Å²) in [6.07, 6.45) is 0. The molecule has 6 aromatic carbocycles. The Bertz CT molecular complexity index is 2710. The van der Waals surface area contributed by atoms with Crippen molar-refractivity contribution in [2.24, 2.45) is 0 Å². The molecule has 0 unspecified atom stereocenters. The lowest BCUT2D eigenvalue weighted by Crippen LogP contribution is -2.06. The van der Waals surface area contributed by atoms with Crippen molar-refractivity contribution in [3.8, 4) is 16.8 Å². The molecule has 43 heavy (non-hydrogen) atoms. The van der Waals surface area contributed by atoms with Gasteiger partial charge in [-0.15, -0.1) is 0 Å². The Kier molecular flexibility index (Phi) is 4.85. The highest BCUT2D eigenvalue weighted by molar-refractivity contribution is 6.11. The summed E-state index contributed by atoms with van der Waals surface area (Å²) in [5.41, 5.74) is 6.39. The van der Waals surface area contributed by atoms with E-state index < -0.39 is 0 Å². The zero-order chi connectivity index (χ0) is 28.7. The first-order chi connectivity index (χ1) is 21.2. The second-order valence-electron chi connectivity index (χ2n) is 10.8. The van der Waals surface area contributed by atoms with Crippen LogP contribution in [0.3, 0.4) is 0 Å². The summed E-state index contributed by atoms with van der Waals surface area (Å²) in [6.45, 7) is 0. The quantitative estimate of drug-likeness (QED) is 0.200. The minimum absolute atomic E-state index is 0.157. The summed E-state index contributed by atoms with van der Waals surface area (Å²) in [5.74, 6) is 0. The number of benzene rings is 6. The van der Waals surface area contributed by atoms with Gasteiger partial charge in [0.25, 0.3) is 0 Å². The Balaban J connectivity index is 1.32. The average molecular weight is 556 g/mol. The molecule has 0 N–H and O–H groups in total. The number of aromatic nitrogens is 1. The predicted octanol–water partition coefficient (Wildman–Crippen LogP) is 8.97. The van der Waals surface area contributed by atoms with E-state index >= 15 is 0 Å². The summed E-state index contributed by atoms with van der Waals surface area (Å²) < 4.78 is 14.8. The van der Waals surface area contributed by atoms with Gasteiger partial charge in [0, 0.05) is 22.0 Å². The molecule has 5 heteroatoms. The first-order valence-electron chi connectivity index (χ1n) is 14.1. The molecule has 5 nitrogen and oxygen atoms in total. The van der Waals surface area contributed by atoms with Crippen molar-refractivity contribution in [1.82, 2.24) is 4.57 Å². The van der Waals surface area contributed by atoms with Crippen LogP contribution in [0.15, 0.2) is 146 Å². The summed E-state index contributed by atoms with van der Waals surface area (Å²) in [5, 5.41) is 3.95. The van der Waals surface area contributed by atoms with Crippen molar-refractivity contribution in [2.75, 3.05) is 0 Å². The normalized spacial score (nSPS) is 11.9. The topological polar surface area (TPSA) is 65.3 Å². The Morgan fingerprint density at radius 3 is 1.93 bits per heavy atom. The van der Waals surface area contributed by atoms with Crippen LogP contribution in [-0.4, -0.2) is 4.57 Å². The van der Waals surface area contributed by atoms with Gasteiger partial charge in [-0.2, -0.15) is 0 Å². The number of rotatable bonds is 2. The fraction of sp³-hybridized carbons (Fsp3) is 0. The van der Waals surface area contributed by atoms with Gasteiger partial charge in [-0.25, -0.2) is 0 Å². The third kappa shape index (κ3) is 3.39. The van der Waals surface area contributed by atoms with E-state index in [0.29, 0.717) is 43.9 Å². The van der Waals surface area contributed by atoms with Gasteiger partial charge >= 0.3 is 0 Å². The first-order valence-corrected chi connectivity index (χ1v) is 14.1. The average Bonchev–Trinajstić information content (AvgIpc) is 3.38. The Morgan fingerprint density at radius 2 is 1.09 bits per heavy atom. The third-order valence-corrected chi connectivity index (χ3v) is 8.39. The minimum Gasteiger partial charge on any atom is -0.456 e.